The Hall–Kier alpha value is -2.98. The van der Waals surface area contributed by atoms with E-state index in [0.29, 0.717) is 17.7 Å². The number of allylic oxidation sites excluding steroid dienone is 4. The molecule has 0 spiro atoms. The number of nitrogens with one attached hydrogen (secondary N) is 1. The zero-order valence-corrected chi connectivity index (χ0v) is 16.3. The fraction of sp³-hybridized carbons (Fsp3) is 0.174. The van der Waals surface area contributed by atoms with Crippen molar-refractivity contribution in [2.24, 2.45) is 0 Å². The Kier molecular flexibility index (Phi) is 4.97. The van der Waals surface area contributed by atoms with Gasteiger partial charge in [0.05, 0.1) is 5.57 Å². The molecule has 0 saturated carbocycles. The first-order chi connectivity index (χ1) is 13.5. The summed E-state index contributed by atoms with van der Waals surface area (Å²) in [6.45, 7) is 3.68. The summed E-state index contributed by atoms with van der Waals surface area (Å²) in [4.78, 5) is 13.9. The Morgan fingerprint density at radius 1 is 1.11 bits per heavy atom. The van der Waals surface area contributed by atoms with Gasteiger partial charge in [-0.05, 0) is 66.4 Å². The molecule has 0 amide bonds. The zero-order valence-electron chi connectivity index (χ0n) is 15.6. The predicted octanol–water partition coefficient (Wildman–Crippen LogP) is 5.44. The second-order valence-electron chi connectivity index (χ2n) is 7.09. The third-order valence-corrected chi connectivity index (χ3v) is 5.55. The Morgan fingerprint density at radius 3 is 2.71 bits per heavy atom. The number of fused-ring (bicyclic) bond motifs is 1. The van der Waals surface area contributed by atoms with E-state index < -0.39 is 5.97 Å². The van der Waals surface area contributed by atoms with Crippen LogP contribution in [0.4, 0.5) is 11.4 Å². The van der Waals surface area contributed by atoms with Gasteiger partial charge in [-0.3, -0.25) is 0 Å². The number of aryl methyl sites for hydroxylation is 1. The molecule has 0 radical (unpaired) electrons. The second-order valence-corrected chi connectivity index (χ2v) is 7.49. The van der Waals surface area contributed by atoms with E-state index in [2.05, 4.69) is 28.4 Å². The Labute approximate surface area is 169 Å². The van der Waals surface area contributed by atoms with Gasteiger partial charge >= 0.3 is 5.97 Å². The standard InChI is InChI=1S/C23H21ClN2O2/c1-15-11-19(9-10-21(15)24)26-13-16-7-8-18(12-17(16)14-26)25-22-6-4-2-3-5-20(22)23(27)28/h2-4,6-12,25H,5,13-14H2,1H3,(H,27,28). The van der Waals surface area contributed by atoms with Crippen LogP contribution < -0.4 is 10.2 Å². The fourth-order valence-corrected chi connectivity index (χ4v) is 3.70. The molecule has 0 aromatic heterocycles. The number of nitrogens with zero attached hydrogens (tertiary/aromatic N) is 1. The molecule has 142 valence electrons. The van der Waals surface area contributed by atoms with Crippen LogP contribution in [0.15, 0.2) is 72.0 Å². The number of carbonyl (C=O) groups is 1. The van der Waals surface area contributed by atoms with Gasteiger partial charge in [-0.1, -0.05) is 35.9 Å². The van der Waals surface area contributed by atoms with Crippen molar-refractivity contribution in [3.63, 3.8) is 0 Å². The van der Waals surface area contributed by atoms with Gasteiger partial charge in [0.25, 0.3) is 0 Å². The van der Waals surface area contributed by atoms with Crippen LogP contribution in [0, 0.1) is 6.92 Å². The molecule has 1 aliphatic carbocycles. The quantitative estimate of drug-likeness (QED) is 0.727. The minimum atomic E-state index is -0.899. The summed E-state index contributed by atoms with van der Waals surface area (Å²) in [5, 5.41) is 13.6. The van der Waals surface area contributed by atoms with Crippen molar-refractivity contribution >= 4 is 28.9 Å². The summed E-state index contributed by atoms with van der Waals surface area (Å²) in [6.07, 6.45) is 7.79. The second kappa shape index (κ2) is 7.56. The summed E-state index contributed by atoms with van der Waals surface area (Å²) in [5.74, 6) is -0.899. The number of carboxylic acids is 1. The van der Waals surface area contributed by atoms with Gasteiger partial charge in [-0.15, -0.1) is 0 Å². The molecule has 0 saturated heterocycles. The van der Waals surface area contributed by atoms with Crippen LogP contribution in [0.5, 0.6) is 0 Å². The third kappa shape index (κ3) is 3.69. The number of carboxylic acid groups (broad SMARTS) is 1. The van der Waals surface area contributed by atoms with E-state index in [4.69, 9.17) is 11.6 Å². The van der Waals surface area contributed by atoms with Crippen molar-refractivity contribution in [2.45, 2.75) is 26.4 Å². The fourth-order valence-electron chi connectivity index (χ4n) is 3.58. The molecule has 2 aliphatic rings. The number of halogens is 1. The third-order valence-electron chi connectivity index (χ3n) is 5.13. The van der Waals surface area contributed by atoms with E-state index in [1.807, 2.05) is 49.4 Å². The van der Waals surface area contributed by atoms with Crippen molar-refractivity contribution in [3.8, 4) is 0 Å². The van der Waals surface area contributed by atoms with Gasteiger partial charge in [0.15, 0.2) is 0 Å². The molecule has 2 N–H and O–H groups in total. The van der Waals surface area contributed by atoms with Gasteiger partial charge in [0, 0.05) is 35.2 Å². The molecule has 2 aromatic rings. The smallest absolute Gasteiger partial charge is 0.333 e. The highest BCUT2D eigenvalue weighted by molar-refractivity contribution is 6.31. The maximum Gasteiger partial charge on any atom is 0.333 e. The summed E-state index contributed by atoms with van der Waals surface area (Å²) in [5.41, 5.74) is 6.63. The molecule has 5 heteroatoms. The van der Waals surface area contributed by atoms with Gasteiger partial charge in [0.1, 0.15) is 0 Å². The van der Waals surface area contributed by atoms with Crippen LogP contribution in [-0.4, -0.2) is 11.1 Å². The lowest BCUT2D eigenvalue weighted by molar-refractivity contribution is -0.132. The van der Waals surface area contributed by atoms with E-state index >= 15 is 0 Å². The molecule has 4 rings (SSSR count). The lowest BCUT2D eigenvalue weighted by atomic mass is 10.1. The molecule has 2 aromatic carbocycles. The molecule has 1 aliphatic heterocycles. The number of benzene rings is 2. The molecule has 0 atom stereocenters. The van der Waals surface area contributed by atoms with E-state index in [1.165, 1.54) is 11.1 Å². The monoisotopic (exact) mass is 392 g/mol. The Morgan fingerprint density at radius 2 is 1.93 bits per heavy atom. The highest BCUT2D eigenvalue weighted by atomic mass is 35.5. The average Bonchev–Trinajstić information content (AvgIpc) is 2.95. The molecule has 0 bridgehead atoms. The molecule has 28 heavy (non-hydrogen) atoms. The first-order valence-corrected chi connectivity index (χ1v) is 9.58. The minimum absolute atomic E-state index is 0.365. The van der Waals surface area contributed by atoms with Crippen LogP contribution in [0.3, 0.4) is 0 Å². The SMILES string of the molecule is Cc1cc(N2Cc3ccc(NC4=C(C(=O)O)CC=CC=C4)cc3C2)ccc1Cl. The van der Waals surface area contributed by atoms with Gasteiger partial charge in [-0.25, -0.2) is 4.79 Å². The number of rotatable bonds is 4. The van der Waals surface area contributed by atoms with E-state index in [9.17, 15) is 9.90 Å². The van der Waals surface area contributed by atoms with Crippen LogP contribution in [0.1, 0.15) is 23.1 Å². The number of hydrogen-bond donors (Lipinski definition) is 2. The van der Waals surface area contributed by atoms with Crippen LogP contribution >= 0.6 is 11.6 Å². The van der Waals surface area contributed by atoms with Crippen molar-refractivity contribution < 1.29 is 9.90 Å². The maximum atomic E-state index is 11.6. The van der Waals surface area contributed by atoms with Gasteiger partial charge < -0.3 is 15.3 Å². The Balaban J connectivity index is 1.56. The van der Waals surface area contributed by atoms with Crippen molar-refractivity contribution in [1.29, 1.82) is 0 Å². The minimum Gasteiger partial charge on any atom is -0.478 e. The highest BCUT2D eigenvalue weighted by Crippen LogP contribution is 2.32. The van der Waals surface area contributed by atoms with Crippen molar-refractivity contribution in [3.05, 3.63) is 93.7 Å². The largest absolute Gasteiger partial charge is 0.478 e. The van der Waals surface area contributed by atoms with Crippen LogP contribution in [0.2, 0.25) is 5.02 Å². The highest BCUT2D eigenvalue weighted by Gasteiger charge is 2.20. The topological polar surface area (TPSA) is 52.6 Å². The molecule has 1 heterocycles. The number of anilines is 2. The lowest BCUT2D eigenvalue weighted by Crippen LogP contribution is -2.14. The van der Waals surface area contributed by atoms with Gasteiger partial charge in [-0.2, -0.15) is 0 Å². The van der Waals surface area contributed by atoms with E-state index in [0.717, 1.165) is 35.1 Å². The molecule has 0 fully saturated rings. The maximum absolute atomic E-state index is 11.6. The van der Waals surface area contributed by atoms with E-state index in [1.54, 1.807) is 0 Å². The summed E-state index contributed by atoms with van der Waals surface area (Å²) in [7, 11) is 0. The van der Waals surface area contributed by atoms with Crippen molar-refractivity contribution in [1.82, 2.24) is 0 Å². The number of hydrogen-bond acceptors (Lipinski definition) is 3. The summed E-state index contributed by atoms with van der Waals surface area (Å²) < 4.78 is 0. The number of aliphatic carboxylic acids is 1. The first-order valence-electron chi connectivity index (χ1n) is 9.21. The summed E-state index contributed by atoms with van der Waals surface area (Å²) in [6, 6.07) is 12.3. The predicted molar refractivity (Wildman–Crippen MR) is 114 cm³/mol. The molecule has 4 nitrogen and oxygen atoms in total. The lowest BCUT2D eigenvalue weighted by Gasteiger charge is -2.18. The van der Waals surface area contributed by atoms with E-state index in [-0.39, 0.29) is 0 Å². The van der Waals surface area contributed by atoms with Crippen molar-refractivity contribution in [2.75, 3.05) is 10.2 Å². The molecular weight excluding hydrogens is 372 g/mol. The van der Waals surface area contributed by atoms with Gasteiger partial charge in [0.2, 0.25) is 0 Å². The molecule has 0 unspecified atom stereocenters. The summed E-state index contributed by atoms with van der Waals surface area (Å²) >= 11 is 6.15. The average molecular weight is 393 g/mol. The van der Waals surface area contributed by atoms with Crippen LogP contribution in [-0.2, 0) is 17.9 Å². The first kappa shape index (κ1) is 18.4. The normalized spacial score (nSPS) is 15.6. The molecular formula is C23H21ClN2O2. The zero-order chi connectivity index (χ0) is 19.7. The Bertz CT molecular complexity index is 1040. The van der Waals surface area contributed by atoms with Crippen LogP contribution in [0.25, 0.3) is 0 Å².